The lowest BCUT2D eigenvalue weighted by atomic mass is 10.2. The predicted molar refractivity (Wildman–Crippen MR) is 93.3 cm³/mol. The first kappa shape index (κ1) is 18.9. The van der Waals surface area contributed by atoms with Crippen molar-refractivity contribution in [2.24, 2.45) is 0 Å². The van der Waals surface area contributed by atoms with Crippen LogP contribution in [0.4, 0.5) is 10.1 Å². The van der Waals surface area contributed by atoms with Gasteiger partial charge in [-0.15, -0.1) is 0 Å². The molecule has 25 heavy (non-hydrogen) atoms. The van der Waals surface area contributed by atoms with Crippen molar-refractivity contribution in [3.05, 3.63) is 59.9 Å². The molecule has 134 valence electrons. The highest BCUT2D eigenvalue weighted by molar-refractivity contribution is 7.88. The van der Waals surface area contributed by atoms with Crippen molar-refractivity contribution in [1.82, 2.24) is 4.72 Å². The molecule has 0 fully saturated rings. The van der Waals surface area contributed by atoms with E-state index in [0.29, 0.717) is 23.6 Å². The van der Waals surface area contributed by atoms with Crippen LogP contribution in [0.3, 0.4) is 0 Å². The molecule has 0 radical (unpaired) electrons. The van der Waals surface area contributed by atoms with Gasteiger partial charge in [-0.1, -0.05) is 12.1 Å². The van der Waals surface area contributed by atoms with Crippen molar-refractivity contribution in [1.29, 1.82) is 0 Å². The second kappa shape index (κ2) is 8.59. The molecule has 2 aromatic rings. The molecule has 0 aliphatic rings. The number of rotatable bonds is 8. The fourth-order valence-corrected chi connectivity index (χ4v) is 3.12. The summed E-state index contributed by atoms with van der Waals surface area (Å²) in [6, 6.07) is 11.9. The van der Waals surface area contributed by atoms with Gasteiger partial charge >= 0.3 is 0 Å². The Kier molecular flexibility index (Phi) is 6.49. The molecule has 2 rings (SSSR count). The maximum absolute atomic E-state index is 12.8. The van der Waals surface area contributed by atoms with Gasteiger partial charge in [0.25, 0.3) is 0 Å². The van der Waals surface area contributed by atoms with Crippen molar-refractivity contribution < 1.29 is 22.3 Å². The molecule has 6 nitrogen and oxygen atoms in total. The van der Waals surface area contributed by atoms with Gasteiger partial charge in [-0.3, -0.25) is 4.79 Å². The highest BCUT2D eigenvalue weighted by Gasteiger charge is 2.13. The van der Waals surface area contributed by atoms with E-state index < -0.39 is 28.3 Å². The number of sulfonamides is 1. The number of ether oxygens (including phenoxy) is 1. The number of anilines is 1. The largest absolute Gasteiger partial charge is 0.494 e. The fourth-order valence-electron chi connectivity index (χ4n) is 2.03. The molecule has 2 aromatic carbocycles. The van der Waals surface area contributed by atoms with Crippen LogP contribution in [0.15, 0.2) is 48.5 Å². The van der Waals surface area contributed by atoms with Gasteiger partial charge in [0, 0.05) is 5.69 Å². The molecule has 0 aromatic heterocycles. The van der Waals surface area contributed by atoms with Crippen molar-refractivity contribution >= 4 is 21.6 Å². The summed E-state index contributed by atoms with van der Waals surface area (Å²) in [5, 5.41) is 2.48. The maximum atomic E-state index is 12.8. The molecular formula is C17H19FN2O4S. The molecule has 0 aliphatic carbocycles. The monoisotopic (exact) mass is 366 g/mol. The average molecular weight is 366 g/mol. The minimum atomic E-state index is -3.67. The minimum absolute atomic E-state index is 0.247. The van der Waals surface area contributed by atoms with Crippen LogP contribution in [0.2, 0.25) is 0 Å². The summed E-state index contributed by atoms with van der Waals surface area (Å²) in [5.41, 5.74) is 0.965. The number of carbonyl (C=O) groups is 1. The summed E-state index contributed by atoms with van der Waals surface area (Å²) in [4.78, 5) is 11.8. The first-order chi connectivity index (χ1) is 11.9. The summed E-state index contributed by atoms with van der Waals surface area (Å²) in [6.07, 6.45) is 0. The number of benzene rings is 2. The van der Waals surface area contributed by atoms with Crippen LogP contribution in [0.25, 0.3) is 0 Å². The number of amides is 1. The van der Waals surface area contributed by atoms with E-state index >= 15 is 0 Å². The zero-order valence-electron chi connectivity index (χ0n) is 13.7. The number of nitrogens with one attached hydrogen (secondary N) is 2. The van der Waals surface area contributed by atoms with Crippen LogP contribution in [0.1, 0.15) is 12.5 Å². The van der Waals surface area contributed by atoms with Crippen molar-refractivity contribution in [3.8, 4) is 5.75 Å². The van der Waals surface area contributed by atoms with Crippen LogP contribution >= 0.6 is 0 Å². The third-order valence-corrected chi connectivity index (χ3v) is 4.47. The molecule has 0 aliphatic heterocycles. The van der Waals surface area contributed by atoms with Gasteiger partial charge in [-0.05, 0) is 48.9 Å². The van der Waals surface area contributed by atoms with E-state index in [4.69, 9.17) is 4.74 Å². The third kappa shape index (κ3) is 6.52. The molecule has 0 saturated heterocycles. The van der Waals surface area contributed by atoms with Crippen molar-refractivity contribution in [2.75, 3.05) is 18.5 Å². The molecule has 0 spiro atoms. The minimum Gasteiger partial charge on any atom is -0.494 e. The Labute approximate surface area is 146 Å². The summed E-state index contributed by atoms with van der Waals surface area (Å²) in [6.45, 7) is 1.98. The molecule has 0 heterocycles. The smallest absolute Gasteiger partial charge is 0.239 e. The van der Waals surface area contributed by atoms with Crippen LogP contribution in [-0.4, -0.2) is 27.5 Å². The van der Waals surface area contributed by atoms with Crippen LogP contribution in [0.5, 0.6) is 5.75 Å². The third-order valence-electron chi connectivity index (χ3n) is 3.17. The number of hydrogen-bond acceptors (Lipinski definition) is 4. The molecule has 8 heteroatoms. The summed E-state index contributed by atoms with van der Waals surface area (Å²) in [5.74, 6) is -0.547. The van der Waals surface area contributed by atoms with E-state index in [2.05, 4.69) is 10.0 Å². The standard InChI is InChI=1S/C17H19FN2O4S/c1-2-24-16-9-3-13(4-10-16)12-25(22,23)19-11-17(21)20-15-7-5-14(18)6-8-15/h3-10,19H,2,11-12H2,1H3,(H,20,21). The van der Waals surface area contributed by atoms with Gasteiger partial charge in [0.1, 0.15) is 11.6 Å². The topological polar surface area (TPSA) is 84.5 Å². The lowest BCUT2D eigenvalue weighted by Crippen LogP contribution is -2.33. The van der Waals surface area contributed by atoms with Crippen molar-refractivity contribution in [3.63, 3.8) is 0 Å². The summed E-state index contributed by atoms with van der Waals surface area (Å²) >= 11 is 0. The first-order valence-electron chi connectivity index (χ1n) is 7.62. The van der Waals surface area contributed by atoms with Gasteiger partial charge in [-0.2, -0.15) is 0 Å². The Morgan fingerprint density at radius 2 is 1.72 bits per heavy atom. The summed E-state index contributed by atoms with van der Waals surface area (Å²) < 4.78 is 44.4. The quantitative estimate of drug-likeness (QED) is 0.751. The summed E-state index contributed by atoms with van der Waals surface area (Å²) in [7, 11) is -3.67. The van der Waals surface area contributed by atoms with Crippen molar-refractivity contribution in [2.45, 2.75) is 12.7 Å². The van der Waals surface area contributed by atoms with E-state index in [1.165, 1.54) is 24.3 Å². The highest BCUT2D eigenvalue weighted by atomic mass is 32.2. The maximum Gasteiger partial charge on any atom is 0.239 e. The zero-order valence-corrected chi connectivity index (χ0v) is 14.5. The molecule has 1 amide bonds. The molecule has 2 N–H and O–H groups in total. The molecule has 0 saturated carbocycles. The zero-order chi connectivity index (χ0) is 18.3. The van der Waals surface area contributed by atoms with E-state index in [-0.39, 0.29) is 5.75 Å². The van der Waals surface area contributed by atoms with Crippen LogP contribution < -0.4 is 14.8 Å². The van der Waals surface area contributed by atoms with Gasteiger partial charge in [-0.25, -0.2) is 17.5 Å². The Morgan fingerprint density at radius 1 is 1.08 bits per heavy atom. The second-order valence-electron chi connectivity index (χ2n) is 5.21. The second-order valence-corrected chi connectivity index (χ2v) is 7.02. The highest BCUT2D eigenvalue weighted by Crippen LogP contribution is 2.14. The average Bonchev–Trinajstić information content (AvgIpc) is 2.57. The van der Waals surface area contributed by atoms with E-state index in [1.807, 2.05) is 6.92 Å². The normalized spacial score (nSPS) is 11.1. The van der Waals surface area contributed by atoms with E-state index in [1.54, 1.807) is 24.3 Å². The molecule has 0 bridgehead atoms. The Bertz CT molecular complexity index is 806. The van der Waals surface area contributed by atoms with Crippen LogP contribution in [-0.2, 0) is 20.6 Å². The van der Waals surface area contributed by atoms with Crippen LogP contribution in [0, 0.1) is 5.82 Å². The lowest BCUT2D eigenvalue weighted by Gasteiger charge is -2.09. The number of carbonyl (C=O) groups excluding carboxylic acids is 1. The Hall–Kier alpha value is -2.45. The molecular weight excluding hydrogens is 347 g/mol. The Morgan fingerprint density at radius 3 is 2.32 bits per heavy atom. The van der Waals surface area contributed by atoms with E-state index in [9.17, 15) is 17.6 Å². The van der Waals surface area contributed by atoms with Gasteiger partial charge in [0.05, 0.1) is 18.9 Å². The van der Waals surface area contributed by atoms with E-state index in [0.717, 1.165) is 0 Å². The molecule has 0 atom stereocenters. The predicted octanol–water partition coefficient (Wildman–Crippen LogP) is 2.28. The van der Waals surface area contributed by atoms with Gasteiger partial charge in [0.15, 0.2) is 0 Å². The Balaban J connectivity index is 1.85. The van der Waals surface area contributed by atoms with Gasteiger partial charge < -0.3 is 10.1 Å². The lowest BCUT2D eigenvalue weighted by molar-refractivity contribution is -0.115. The first-order valence-corrected chi connectivity index (χ1v) is 9.27. The number of hydrogen-bond donors (Lipinski definition) is 2. The van der Waals surface area contributed by atoms with Gasteiger partial charge in [0.2, 0.25) is 15.9 Å². The SMILES string of the molecule is CCOc1ccc(CS(=O)(=O)NCC(=O)Nc2ccc(F)cc2)cc1. The number of halogens is 1. The fraction of sp³-hybridized carbons (Fsp3) is 0.235. The molecule has 0 unspecified atom stereocenters.